The summed E-state index contributed by atoms with van der Waals surface area (Å²) >= 11 is 0. The van der Waals surface area contributed by atoms with Crippen LogP contribution in [0.5, 0.6) is 11.5 Å². The molecular weight excluding hydrogens is 517 g/mol. The summed E-state index contributed by atoms with van der Waals surface area (Å²) in [5, 5.41) is 7.20. The number of halogens is 1. The SMILES string of the molecule is COc1cccc(OC)c1-n1c(NS(=O)(=O)[C@@H](C)[C@H](OC)c2ncc(F)cn2)nnc1-c1cncc(C)c1. The highest BCUT2D eigenvalue weighted by Gasteiger charge is 2.35. The Hall–Kier alpha value is -4.17. The number of ether oxygens (including phenoxy) is 3. The van der Waals surface area contributed by atoms with E-state index in [2.05, 4.69) is 29.9 Å². The van der Waals surface area contributed by atoms with E-state index in [-0.39, 0.29) is 11.8 Å². The van der Waals surface area contributed by atoms with Crippen molar-refractivity contribution in [2.75, 3.05) is 26.1 Å². The van der Waals surface area contributed by atoms with E-state index >= 15 is 0 Å². The van der Waals surface area contributed by atoms with Crippen molar-refractivity contribution in [1.29, 1.82) is 0 Å². The maximum atomic E-state index is 13.6. The molecule has 0 aliphatic carbocycles. The van der Waals surface area contributed by atoms with Crippen LogP contribution in [0.4, 0.5) is 10.3 Å². The highest BCUT2D eigenvalue weighted by atomic mass is 32.2. The average Bonchev–Trinajstić information content (AvgIpc) is 3.31. The van der Waals surface area contributed by atoms with Crippen LogP contribution in [0.25, 0.3) is 17.1 Å². The second-order valence-electron chi connectivity index (χ2n) is 8.21. The molecule has 0 saturated carbocycles. The van der Waals surface area contributed by atoms with Crippen molar-refractivity contribution < 1.29 is 27.0 Å². The number of pyridine rings is 1. The van der Waals surface area contributed by atoms with Gasteiger partial charge in [0, 0.05) is 25.1 Å². The third-order valence-electron chi connectivity index (χ3n) is 5.72. The van der Waals surface area contributed by atoms with Crippen molar-refractivity contribution in [2.24, 2.45) is 0 Å². The number of aromatic nitrogens is 6. The first-order valence-corrected chi connectivity index (χ1v) is 12.9. The second-order valence-corrected chi connectivity index (χ2v) is 10.3. The lowest BCUT2D eigenvalue weighted by Gasteiger charge is -2.22. The van der Waals surface area contributed by atoms with E-state index < -0.39 is 27.2 Å². The first-order chi connectivity index (χ1) is 18.2. The molecule has 0 saturated heterocycles. The summed E-state index contributed by atoms with van der Waals surface area (Å²) in [6, 6.07) is 6.97. The monoisotopic (exact) mass is 543 g/mol. The molecule has 200 valence electrons. The Balaban J connectivity index is 1.84. The number of anilines is 1. The number of aryl methyl sites for hydroxylation is 1. The van der Waals surface area contributed by atoms with E-state index in [4.69, 9.17) is 14.2 Å². The highest BCUT2D eigenvalue weighted by molar-refractivity contribution is 7.93. The molecule has 0 fully saturated rings. The molecule has 1 N–H and O–H groups in total. The standard InChI is InChI=1S/C24H26FN7O5S/c1-14-9-16(11-26-10-14)23-29-30-24(32(23)20-18(35-3)7-6-8-19(20)36-4)31-38(33,34)15(2)21(37-5)22-27-12-17(25)13-28-22/h6-13,15,21H,1-5H3,(H,30,31)/t15-,21-/m0/s1. The predicted octanol–water partition coefficient (Wildman–Crippen LogP) is 3.10. The van der Waals surface area contributed by atoms with Crippen LogP contribution < -0.4 is 14.2 Å². The topological polar surface area (TPSA) is 143 Å². The Bertz CT molecular complexity index is 1510. The van der Waals surface area contributed by atoms with E-state index in [0.717, 1.165) is 18.0 Å². The maximum Gasteiger partial charge on any atom is 0.243 e. The predicted molar refractivity (Wildman–Crippen MR) is 136 cm³/mol. The average molecular weight is 544 g/mol. The minimum Gasteiger partial charge on any atom is -0.494 e. The molecule has 0 bridgehead atoms. The van der Waals surface area contributed by atoms with Crippen LogP contribution in [0, 0.1) is 12.7 Å². The number of para-hydroxylation sites is 1. The van der Waals surface area contributed by atoms with Gasteiger partial charge >= 0.3 is 0 Å². The Morgan fingerprint density at radius 2 is 1.66 bits per heavy atom. The molecule has 0 amide bonds. The van der Waals surface area contributed by atoms with Crippen molar-refractivity contribution in [1.82, 2.24) is 29.7 Å². The van der Waals surface area contributed by atoms with Gasteiger partial charge in [0.05, 0.1) is 26.6 Å². The number of benzene rings is 1. The summed E-state index contributed by atoms with van der Waals surface area (Å²) in [5.41, 5.74) is 1.81. The van der Waals surface area contributed by atoms with Crippen LogP contribution in [-0.4, -0.2) is 64.7 Å². The number of methoxy groups -OCH3 is 3. The molecule has 0 unspecified atom stereocenters. The van der Waals surface area contributed by atoms with Crippen LogP contribution in [0.2, 0.25) is 0 Å². The van der Waals surface area contributed by atoms with Crippen molar-refractivity contribution >= 4 is 16.0 Å². The van der Waals surface area contributed by atoms with E-state index in [1.165, 1.54) is 32.8 Å². The van der Waals surface area contributed by atoms with Crippen LogP contribution in [-0.2, 0) is 14.8 Å². The second kappa shape index (κ2) is 11.1. The quantitative estimate of drug-likeness (QED) is 0.317. The lowest BCUT2D eigenvalue weighted by Crippen LogP contribution is -2.33. The summed E-state index contributed by atoms with van der Waals surface area (Å²) in [4.78, 5) is 12.0. The number of nitrogens with one attached hydrogen (secondary N) is 1. The Morgan fingerprint density at radius 1 is 1.00 bits per heavy atom. The maximum absolute atomic E-state index is 13.6. The minimum atomic E-state index is -4.20. The van der Waals surface area contributed by atoms with E-state index in [0.29, 0.717) is 28.6 Å². The molecule has 4 rings (SSSR count). The molecule has 0 spiro atoms. The number of hydrogen-bond donors (Lipinski definition) is 1. The van der Waals surface area contributed by atoms with Gasteiger partial charge in [0.1, 0.15) is 28.5 Å². The number of sulfonamides is 1. The minimum absolute atomic E-state index is 0.00571. The fourth-order valence-corrected chi connectivity index (χ4v) is 4.97. The van der Waals surface area contributed by atoms with Gasteiger partial charge in [0.25, 0.3) is 0 Å². The lowest BCUT2D eigenvalue weighted by atomic mass is 10.2. The van der Waals surface area contributed by atoms with Crippen LogP contribution in [0.15, 0.2) is 49.1 Å². The summed E-state index contributed by atoms with van der Waals surface area (Å²) < 4.78 is 60.9. The largest absolute Gasteiger partial charge is 0.494 e. The zero-order valence-electron chi connectivity index (χ0n) is 21.3. The summed E-state index contributed by atoms with van der Waals surface area (Å²) in [6.07, 6.45) is 4.04. The number of nitrogens with zero attached hydrogens (tertiary/aromatic N) is 6. The normalized spacial score (nSPS) is 13.1. The summed E-state index contributed by atoms with van der Waals surface area (Å²) in [7, 11) is 0.0760. The van der Waals surface area contributed by atoms with Crippen LogP contribution in [0.1, 0.15) is 24.4 Å². The fraction of sp³-hybridized carbons (Fsp3) is 0.292. The first kappa shape index (κ1) is 26.9. The Morgan fingerprint density at radius 3 is 2.24 bits per heavy atom. The van der Waals surface area contributed by atoms with Gasteiger partial charge in [0.15, 0.2) is 17.5 Å². The van der Waals surface area contributed by atoms with Crippen molar-refractivity contribution in [3.8, 4) is 28.6 Å². The van der Waals surface area contributed by atoms with Crippen LogP contribution in [0.3, 0.4) is 0 Å². The van der Waals surface area contributed by atoms with Crippen molar-refractivity contribution in [3.05, 3.63) is 66.3 Å². The Labute approximate surface area is 218 Å². The summed E-state index contributed by atoms with van der Waals surface area (Å²) in [5.74, 6) is 0.272. The lowest BCUT2D eigenvalue weighted by molar-refractivity contribution is 0.0948. The fourth-order valence-electron chi connectivity index (χ4n) is 3.84. The van der Waals surface area contributed by atoms with Gasteiger partial charge < -0.3 is 14.2 Å². The molecule has 1 aromatic carbocycles. The molecule has 4 aromatic rings. The van der Waals surface area contributed by atoms with Gasteiger partial charge in [-0.1, -0.05) is 6.07 Å². The third kappa shape index (κ3) is 5.26. The van der Waals surface area contributed by atoms with E-state index in [9.17, 15) is 12.8 Å². The van der Waals surface area contributed by atoms with Gasteiger partial charge in [-0.25, -0.2) is 22.8 Å². The molecule has 0 aliphatic rings. The van der Waals surface area contributed by atoms with Gasteiger partial charge in [-0.15, -0.1) is 10.2 Å². The Kier molecular flexibility index (Phi) is 7.83. The summed E-state index contributed by atoms with van der Waals surface area (Å²) in [6.45, 7) is 3.29. The van der Waals surface area contributed by atoms with Crippen LogP contribution >= 0.6 is 0 Å². The zero-order chi connectivity index (χ0) is 27.4. The molecule has 3 heterocycles. The molecule has 3 aromatic heterocycles. The first-order valence-electron chi connectivity index (χ1n) is 11.3. The highest BCUT2D eigenvalue weighted by Crippen LogP contribution is 2.38. The van der Waals surface area contributed by atoms with E-state index in [1.807, 2.05) is 13.0 Å². The van der Waals surface area contributed by atoms with Gasteiger partial charge in [-0.2, -0.15) is 0 Å². The number of rotatable bonds is 10. The molecule has 38 heavy (non-hydrogen) atoms. The van der Waals surface area contributed by atoms with Crippen molar-refractivity contribution in [3.63, 3.8) is 0 Å². The zero-order valence-corrected chi connectivity index (χ0v) is 22.1. The molecular formula is C24H26FN7O5S. The molecule has 14 heteroatoms. The van der Waals surface area contributed by atoms with Crippen molar-refractivity contribution in [2.45, 2.75) is 25.2 Å². The molecule has 0 radical (unpaired) electrons. The smallest absolute Gasteiger partial charge is 0.243 e. The van der Waals surface area contributed by atoms with E-state index in [1.54, 1.807) is 30.6 Å². The number of hydrogen-bond acceptors (Lipinski definition) is 10. The van der Waals surface area contributed by atoms with Gasteiger partial charge in [-0.05, 0) is 37.6 Å². The van der Waals surface area contributed by atoms with Gasteiger partial charge in [0.2, 0.25) is 16.0 Å². The van der Waals surface area contributed by atoms with Gasteiger partial charge in [-0.3, -0.25) is 14.3 Å². The molecule has 2 atom stereocenters. The molecule has 0 aliphatic heterocycles. The third-order valence-corrected chi connectivity index (χ3v) is 7.41. The molecule has 12 nitrogen and oxygen atoms in total.